The van der Waals surface area contributed by atoms with Crippen molar-refractivity contribution in [1.29, 1.82) is 0 Å². The lowest BCUT2D eigenvalue weighted by molar-refractivity contribution is -0.136. The van der Waals surface area contributed by atoms with Crippen molar-refractivity contribution in [3.05, 3.63) is 90.5 Å². The van der Waals surface area contributed by atoms with Crippen LogP contribution in [0.3, 0.4) is 0 Å². The van der Waals surface area contributed by atoms with Gasteiger partial charge in [0.05, 0.1) is 0 Å². The number of carboxylic acids is 1. The SMILES string of the molecule is O=C(O)[C@H](Cc1ccccc1Sc1ccccc1)Sc1ccccc1. The fraction of sp³-hybridized carbons (Fsp3) is 0.0952. The molecule has 4 heteroatoms. The number of carboxylic acid groups (broad SMARTS) is 1. The van der Waals surface area contributed by atoms with E-state index >= 15 is 0 Å². The van der Waals surface area contributed by atoms with E-state index in [1.54, 1.807) is 11.8 Å². The quantitative estimate of drug-likeness (QED) is 0.550. The first-order valence-electron chi connectivity index (χ1n) is 7.97. The van der Waals surface area contributed by atoms with Crippen LogP contribution in [0.25, 0.3) is 0 Å². The molecule has 25 heavy (non-hydrogen) atoms. The Morgan fingerprint density at radius 1 is 0.800 bits per heavy atom. The molecule has 1 N–H and O–H groups in total. The lowest BCUT2D eigenvalue weighted by atomic mass is 10.1. The Morgan fingerprint density at radius 2 is 1.36 bits per heavy atom. The van der Waals surface area contributed by atoms with E-state index in [-0.39, 0.29) is 0 Å². The third-order valence-corrected chi connectivity index (χ3v) is 5.97. The minimum atomic E-state index is -0.784. The standard InChI is InChI=1S/C21H18O2S2/c22-21(23)20(25-18-12-5-2-6-13-18)15-16-9-7-8-14-19(16)24-17-10-3-1-4-11-17/h1-14,20H,15H2,(H,22,23)/t20-/m0/s1. The van der Waals surface area contributed by atoms with E-state index in [0.29, 0.717) is 6.42 Å². The molecule has 3 aromatic carbocycles. The number of hydrogen-bond acceptors (Lipinski definition) is 3. The van der Waals surface area contributed by atoms with Crippen molar-refractivity contribution in [2.75, 3.05) is 0 Å². The second-order valence-electron chi connectivity index (χ2n) is 5.48. The van der Waals surface area contributed by atoms with E-state index in [1.807, 2.05) is 66.7 Å². The highest BCUT2D eigenvalue weighted by Gasteiger charge is 2.21. The van der Waals surface area contributed by atoms with E-state index in [1.165, 1.54) is 11.8 Å². The molecule has 0 unspecified atom stereocenters. The Bertz CT molecular complexity index is 820. The van der Waals surface area contributed by atoms with Gasteiger partial charge in [-0.3, -0.25) is 4.79 Å². The van der Waals surface area contributed by atoms with E-state index in [9.17, 15) is 9.90 Å². The molecule has 0 aliphatic carbocycles. The van der Waals surface area contributed by atoms with Gasteiger partial charge >= 0.3 is 5.97 Å². The van der Waals surface area contributed by atoms with Crippen LogP contribution in [0.5, 0.6) is 0 Å². The number of thioether (sulfide) groups is 1. The maximum absolute atomic E-state index is 11.8. The molecule has 0 saturated carbocycles. The van der Waals surface area contributed by atoms with Gasteiger partial charge < -0.3 is 5.11 Å². The largest absolute Gasteiger partial charge is 0.480 e. The van der Waals surface area contributed by atoms with Gasteiger partial charge in [0.15, 0.2) is 0 Å². The predicted octanol–water partition coefficient (Wildman–Crippen LogP) is 5.63. The smallest absolute Gasteiger partial charge is 0.317 e. The van der Waals surface area contributed by atoms with Crippen LogP contribution in [0.2, 0.25) is 0 Å². The molecule has 1 atom stereocenters. The summed E-state index contributed by atoms with van der Waals surface area (Å²) in [6, 6.07) is 27.9. The first kappa shape index (κ1) is 17.6. The first-order chi connectivity index (χ1) is 12.2. The molecule has 0 aliphatic rings. The fourth-order valence-corrected chi connectivity index (χ4v) is 4.41. The zero-order chi connectivity index (χ0) is 17.5. The van der Waals surface area contributed by atoms with Crippen LogP contribution < -0.4 is 0 Å². The highest BCUT2D eigenvalue weighted by atomic mass is 32.2. The molecule has 0 aliphatic heterocycles. The summed E-state index contributed by atoms with van der Waals surface area (Å²) in [5, 5.41) is 9.13. The minimum absolute atomic E-state index is 0.491. The van der Waals surface area contributed by atoms with E-state index in [4.69, 9.17) is 0 Å². The highest BCUT2D eigenvalue weighted by Crippen LogP contribution is 2.33. The average Bonchev–Trinajstić information content (AvgIpc) is 2.64. The lowest BCUT2D eigenvalue weighted by Gasteiger charge is -2.15. The van der Waals surface area contributed by atoms with Crippen molar-refractivity contribution in [1.82, 2.24) is 0 Å². The molecule has 0 bridgehead atoms. The normalized spacial score (nSPS) is 11.8. The molecular formula is C21H18O2S2. The van der Waals surface area contributed by atoms with Crippen LogP contribution >= 0.6 is 23.5 Å². The average molecular weight is 367 g/mol. The Morgan fingerprint density at radius 3 is 2.00 bits per heavy atom. The summed E-state index contributed by atoms with van der Waals surface area (Å²) in [6.45, 7) is 0. The van der Waals surface area contributed by atoms with Gasteiger partial charge in [-0.1, -0.05) is 66.4 Å². The van der Waals surface area contributed by atoms with E-state index < -0.39 is 11.2 Å². The third-order valence-electron chi connectivity index (χ3n) is 3.65. The van der Waals surface area contributed by atoms with Crippen molar-refractivity contribution in [2.24, 2.45) is 0 Å². The molecule has 0 aromatic heterocycles. The van der Waals surface area contributed by atoms with Gasteiger partial charge in [0.25, 0.3) is 0 Å². The molecule has 0 saturated heterocycles. The van der Waals surface area contributed by atoms with Gasteiger partial charge in [-0.15, -0.1) is 11.8 Å². The Balaban J connectivity index is 1.79. The van der Waals surface area contributed by atoms with Gasteiger partial charge in [0, 0.05) is 14.7 Å². The predicted molar refractivity (Wildman–Crippen MR) is 104 cm³/mol. The molecule has 0 spiro atoms. The fourth-order valence-electron chi connectivity index (χ4n) is 2.43. The van der Waals surface area contributed by atoms with Crippen molar-refractivity contribution < 1.29 is 9.90 Å². The van der Waals surface area contributed by atoms with Crippen molar-refractivity contribution in [3.63, 3.8) is 0 Å². The third kappa shape index (κ3) is 5.15. The molecule has 0 radical (unpaired) electrons. The Hall–Kier alpha value is -2.17. The highest BCUT2D eigenvalue weighted by molar-refractivity contribution is 8.00. The molecule has 2 nitrogen and oxygen atoms in total. The Labute approximate surface area is 156 Å². The summed E-state index contributed by atoms with van der Waals surface area (Å²) in [5.74, 6) is -0.784. The van der Waals surface area contributed by atoms with E-state index in [0.717, 1.165) is 20.2 Å². The molecule has 0 amide bonds. The summed E-state index contributed by atoms with van der Waals surface area (Å²) >= 11 is 3.07. The number of rotatable bonds is 7. The molecule has 0 heterocycles. The van der Waals surface area contributed by atoms with Gasteiger partial charge in [0.2, 0.25) is 0 Å². The lowest BCUT2D eigenvalue weighted by Crippen LogP contribution is -2.19. The zero-order valence-corrected chi connectivity index (χ0v) is 15.2. The molecule has 126 valence electrons. The van der Waals surface area contributed by atoms with Crippen molar-refractivity contribution in [2.45, 2.75) is 26.4 Å². The number of carbonyl (C=O) groups is 1. The van der Waals surface area contributed by atoms with Gasteiger partial charge in [-0.25, -0.2) is 0 Å². The van der Waals surface area contributed by atoms with E-state index in [2.05, 4.69) is 18.2 Å². The van der Waals surface area contributed by atoms with Crippen LogP contribution in [-0.2, 0) is 11.2 Å². The maximum Gasteiger partial charge on any atom is 0.317 e. The summed E-state index contributed by atoms with van der Waals surface area (Å²) in [4.78, 5) is 15.0. The van der Waals surface area contributed by atoms with Crippen LogP contribution in [0.1, 0.15) is 5.56 Å². The Kier molecular flexibility index (Phi) is 6.20. The molecular weight excluding hydrogens is 348 g/mol. The van der Waals surface area contributed by atoms with Crippen molar-refractivity contribution >= 4 is 29.5 Å². The zero-order valence-electron chi connectivity index (χ0n) is 13.5. The second kappa shape index (κ2) is 8.79. The minimum Gasteiger partial charge on any atom is -0.480 e. The first-order valence-corrected chi connectivity index (χ1v) is 9.67. The molecule has 3 aromatic rings. The van der Waals surface area contributed by atoms with Gasteiger partial charge in [-0.05, 0) is 42.3 Å². The second-order valence-corrected chi connectivity index (χ2v) is 7.88. The van der Waals surface area contributed by atoms with Crippen LogP contribution in [0.4, 0.5) is 0 Å². The van der Waals surface area contributed by atoms with Gasteiger partial charge in [0.1, 0.15) is 5.25 Å². The van der Waals surface area contributed by atoms with Gasteiger partial charge in [-0.2, -0.15) is 0 Å². The molecule has 0 fully saturated rings. The summed E-state index contributed by atoms with van der Waals surface area (Å²) in [6.07, 6.45) is 0.491. The number of hydrogen-bond donors (Lipinski definition) is 1. The summed E-state index contributed by atoms with van der Waals surface area (Å²) in [7, 11) is 0. The number of aliphatic carboxylic acids is 1. The maximum atomic E-state index is 11.8. The van der Waals surface area contributed by atoms with Crippen LogP contribution in [-0.4, -0.2) is 16.3 Å². The number of benzene rings is 3. The van der Waals surface area contributed by atoms with Crippen LogP contribution in [0.15, 0.2) is 99.6 Å². The topological polar surface area (TPSA) is 37.3 Å². The summed E-state index contributed by atoms with van der Waals surface area (Å²) in [5.41, 5.74) is 1.06. The summed E-state index contributed by atoms with van der Waals surface area (Å²) < 4.78 is 0. The molecule has 3 rings (SSSR count). The van der Waals surface area contributed by atoms with Crippen molar-refractivity contribution in [3.8, 4) is 0 Å². The monoisotopic (exact) mass is 366 g/mol. The van der Waals surface area contributed by atoms with Crippen LogP contribution in [0, 0.1) is 0 Å².